The van der Waals surface area contributed by atoms with Crippen molar-refractivity contribution in [1.29, 1.82) is 0 Å². The van der Waals surface area contributed by atoms with Crippen LogP contribution in [-0.2, 0) is 16.1 Å². The van der Waals surface area contributed by atoms with Crippen LogP contribution in [0.5, 0.6) is 11.5 Å². The number of aryl methyl sites for hydroxylation is 1. The van der Waals surface area contributed by atoms with Crippen LogP contribution in [0.1, 0.15) is 28.7 Å². The summed E-state index contributed by atoms with van der Waals surface area (Å²) in [5, 5.41) is 8.90. The predicted molar refractivity (Wildman–Crippen MR) is 114 cm³/mol. The molecule has 150 valence electrons. The molecular weight excluding hydrogens is 388 g/mol. The third-order valence-electron chi connectivity index (χ3n) is 4.95. The number of halogens is 1. The number of hydrogen-bond donors (Lipinski definition) is 1. The predicted octanol–water partition coefficient (Wildman–Crippen LogP) is 5.25. The summed E-state index contributed by atoms with van der Waals surface area (Å²) >= 11 is 7.31. The molecule has 3 aromatic carbocycles. The summed E-state index contributed by atoms with van der Waals surface area (Å²) in [6, 6.07) is 23.1. The molecule has 5 heteroatoms. The normalized spacial score (nSPS) is 11.1. The molecule has 4 nitrogen and oxygen atoms in total. The molecule has 0 heterocycles. The lowest BCUT2D eigenvalue weighted by molar-refractivity contribution is -0.136. The Balaban J connectivity index is 2.05. The lowest BCUT2D eigenvalue weighted by atomic mass is 9.83. The molecule has 0 aromatic heterocycles. The average Bonchev–Trinajstić information content (AvgIpc) is 2.77. The van der Waals surface area contributed by atoms with Gasteiger partial charge in [0.05, 0.1) is 14.2 Å². The SMILES string of the molecule is COc1ccc(C(Cl)(c2ccc(CCC(=O)O)cc2)c2ccc(OC)cc2)cc1. The van der Waals surface area contributed by atoms with E-state index >= 15 is 0 Å². The van der Waals surface area contributed by atoms with E-state index in [0.29, 0.717) is 6.42 Å². The highest BCUT2D eigenvalue weighted by atomic mass is 35.5. The van der Waals surface area contributed by atoms with Crippen molar-refractivity contribution in [3.63, 3.8) is 0 Å². The Kier molecular flexibility index (Phi) is 6.45. The Hall–Kier alpha value is -2.98. The summed E-state index contributed by atoms with van der Waals surface area (Å²) in [4.78, 5) is 9.92. The van der Waals surface area contributed by atoms with Crippen molar-refractivity contribution >= 4 is 17.6 Å². The van der Waals surface area contributed by atoms with E-state index in [9.17, 15) is 4.79 Å². The Morgan fingerprint density at radius 1 is 0.793 bits per heavy atom. The van der Waals surface area contributed by atoms with E-state index in [1.54, 1.807) is 14.2 Å². The van der Waals surface area contributed by atoms with Crippen molar-refractivity contribution in [3.05, 3.63) is 95.1 Å². The molecule has 0 saturated carbocycles. The van der Waals surface area contributed by atoms with E-state index in [2.05, 4.69) is 0 Å². The Labute approximate surface area is 175 Å². The van der Waals surface area contributed by atoms with Crippen LogP contribution in [0, 0.1) is 0 Å². The van der Waals surface area contributed by atoms with Crippen molar-refractivity contribution in [2.45, 2.75) is 17.7 Å². The number of aliphatic carboxylic acids is 1. The number of methoxy groups -OCH3 is 2. The Bertz CT molecular complexity index is 900. The smallest absolute Gasteiger partial charge is 0.303 e. The van der Waals surface area contributed by atoms with Crippen LogP contribution in [0.15, 0.2) is 72.8 Å². The minimum Gasteiger partial charge on any atom is -0.497 e. The van der Waals surface area contributed by atoms with Gasteiger partial charge in [-0.2, -0.15) is 0 Å². The molecule has 0 atom stereocenters. The zero-order chi connectivity index (χ0) is 20.9. The van der Waals surface area contributed by atoms with Gasteiger partial charge in [-0.15, -0.1) is 11.6 Å². The molecule has 0 aliphatic carbocycles. The number of benzene rings is 3. The Morgan fingerprint density at radius 2 is 1.17 bits per heavy atom. The molecule has 0 saturated heterocycles. The van der Waals surface area contributed by atoms with Crippen LogP contribution in [0.3, 0.4) is 0 Å². The van der Waals surface area contributed by atoms with Gasteiger partial charge in [0.25, 0.3) is 0 Å². The summed E-state index contributed by atoms with van der Waals surface area (Å²) in [5.41, 5.74) is 3.67. The average molecular weight is 411 g/mol. The summed E-state index contributed by atoms with van der Waals surface area (Å²) in [6.45, 7) is 0. The molecule has 0 spiro atoms. The fourth-order valence-electron chi connectivity index (χ4n) is 3.29. The van der Waals surface area contributed by atoms with Gasteiger partial charge in [-0.1, -0.05) is 48.5 Å². The molecule has 0 radical (unpaired) electrons. The van der Waals surface area contributed by atoms with Crippen molar-refractivity contribution in [2.24, 2.45) is 0 Å². The maximum Gasteiger partial charge on any atom is 0.303 e. The summed E-state index contributed by atoms with van der Waals surface area (Å²) in [5.74, 6) is 0.704. The van der Waals surface area contributed by atoms with E-state index in [4.69, 9.17) is 26.2 Å². The number of carboxylic acid groups (broad SMARTS) is 1. The van der Waals surface area contributed by atoms with Crippen LogP contribution in [0.2, 0.25) is 0 Å². The summed E-state index contributed by atoms with van der Waals surface area (Å²) in [6.07, 6.45) is 0.582. The number of carboxylic acids is 1. The van der Waals surface area contributed by atoms with Gasteiger partial charge in [-0.25, -0.2) is 0 Å². The molecule has 0 unspecified atom stereocenters. The maximum atomic E-state index is 10.8. The standard InChI is InChI=1S/C24H23ClO4/c1-28-21-12-8-19(9-13-21)24(25,20-10-14-22(29-2)15-11-20)18-6-3-17(4-7-18)5-16-23(26)27/h3-4,6-15H,5,16H2,1-2H3,(H,26,27). The Morgan fingerprint density at radius 3 is 1.52 bits per heavy atom. The first kappa shape index (κ1) is 20.7. The number of hydrogen-bond acceptors (Lipinski definition) is 3. The molecule has 0 amide bonds. The number of carbonyl (C=O) groups is 1. The van der Waals surface area contributed by atoms with Gasteiger partial charge in [0.1, 0.15) is 16.4 Å². The highest BCUT2D eigenvalue weighted by Crippen LogP contribution is 2.44. The second-order valence-electron chi connectivity index (χ2n) is 6.71. The molecular formula is C24H23ClO4. The number of ether oxygens (including phenoxy) is 2. The van der Waals surface area contributed by atoms with E-state index in [1.165, 1.54) is 0 Å². The molecule has 1 N–H and O–H groups in total. The van der Waals surface area contributed by atoms with E-state index < -0.39 is 10.8 Å². The first-order chi connectivity index (χ1) is 14.0. The van der Waals surface area contributed by atoms with E-state index in [0.717, 1.165) is 33.8 Å². The first-order valence-electron chi connectivity index (χ1n) is 9.26. The fraction of sp³-hybridized carbons (Fsp3) is 0.208. The minimum atomic E-state index is -0.913. The molecule has 0 fully saturated rings. The number of alkyl halides is 1. The lowest BCUT2D eigenvalue weighted by Crippen LogP contribution is -2.22. The second kappa shape index (κ2) is 9.01. The largest absolute Gasteiger partial charge is 0.497 e. The van der Waals surface area contributed by atoms with Crippen molar-refractivity contribution in [1.82, 2.24) is 0 Å². The van der Waals surface area contributed by atoms with Gasteiger partial charge in [-0.3, -0.25) is 4.79 Å². The topological polar surface area (TPSA) is 55.8 Å². The maximum absolute atomic E-state index is 10.8. The molecule has 0 aliphatic rings. The monoisotopic (exact) mass is 410 g/mol. The van der Waals surface area contributed by atoms with Crippen molar-refractivity contribution in [3.8, 4) is 11.5 Å². The van der Waals surface area contributed by atoms with Crippen LogP contribution in [0.4, 0.5) is 0 Å². The van der Waals surface area contributed by atoms with Crippen LogP contribution in [0.25, 0.3) is 0 Å². The molecule has 0 bridgehead atoms. The molecule has 3 aromatic rings. The third-order valence-corrected chi connectivity index (χ3v) is 5.61. The van der Waals surface area contributed by atoms with Gasteiger partial charge < -0.3 is 14.6 Å². The highest BCUT2D eigenvalue weighted by Gasteiger charge is 2.34. The second-order valence-corrected chi connectivity index (χ2v) is 7.27. The lowest BCUT2D eigenvalue weighted by Gasteiger charge is -2.29. The van der Waals surface area contributed by atoms with Gasteiger partial charge in [0.2, 0.25) is 0 Å². The summed E-state index contributed by atoms with van der Waals surface area (Å²) < 4.78 is 10.6. The quantitative estimate of drug-likeness (QED) is 0.407. The van der Waals surface area contributed by atoms with E-state index in [-0.39, 0.29) is 6.42 Å². The van der Waals surface area contributed by atoms with Crippen molar-refractivity contribution in [2.75, 3.05) is 14.2 Å². The minimum absolute atomic E-state index is 0.0995. The molecule has 0 aliphatic heterocycles. The highest BCUT2D eigenvalue weighted by molar-refractivity contribution is 6.28. The van der Waals surface area contributed by atoms with Gasteiger partial charge >= 0.3 is 5.97 Å². The zero-order valence-electron chi connectivity index (χ0n) is 16.4. The van der Waals surface area contributed by atoms with E-state index in [1.807, 2.05) is 72.8 Å². The van der Waals surface area contributed by atoms with Crippen LogP contribution < -0.4 is 9.47 Å². The van der Waals surface area contributed by atoms with Crippen LogP contribution in [-0.4, -0.2) is 25.3 Å². The van der Waals surface area contributed by atoms with Gasteiger partial charge in [0, 0.05) is 6.42 Å². The van der Waals surface area contributed by atoms with Gasteiger partial charge in [-0.05, 0) is 52.9 Å². The fourth-order valence-corrected chi connectivity index (χ4v) is 3.67. The molecule has 3 rings (SSSR count). The first-order valence-corrected chi connectivity index (χ1v) is 9.64. The van der Waals surface area contributed by atoms with Gasteiger partial charge in [0.15, 0.2) is 0 Å². The third kappa shape index (κ3) is 4.54. The summed E-state index contributed by atoms with van der Waals surface area (Å²) in [7, 11) is 3.25. The molecule has 29 heavy (non-hydrogen) atoms. The van der Waals surface area contributed by atoms with Crippen molar-refractivity contribution < 1.29 is 19.4 Å². The zero-order valence-corrected chi connectivity index (χ0v) is 17.1. The van der Waals surface area contributed by atoms with Crippen LogP contribution >= 0.6 is 11.6 Å². The number of rotatable bonds is 8.